The summed E-state index contributed by atoms with van der Waals surface area (Å²) >= 11 is 0. The molecule has 3 rings (SSSR count). The molecule has 1 heterocycles. The van der Waals surface area contributed by atoms with Gasteiger partial charge in [0.1, 0.15) is 0 Å². The topological polar surface area (TPSA) is 61.6 Å². The summed E-state index contributed by atoms with van der Waals surface area (Å²) in [6, 6.07) is 11.4. The first-order valence-electron chi connectivity index (χ1n) is 9.64. The highest BCUT2D eigenvalue weighted by Crippen LogP contribution is 2.25. The normalized spacial score (nSPS) is 25.1. The fourth-order valence-electron chi connectivity index (χ4n) is 4.11. The third-order valence-corrected chi connectivity index (χ3v) is 5.64. The van der Waals surface area contributed by atoms with Crippen LogP contribution in [-0.4, -0.2) is 61.5 Å². The Morgan fingerprint density at radius 3 is 2.50 bits per heavy atom. The molecule has 1 aromatic rings. The lowest BCUT2D eigenvalue weighted by molar-refractivity contribution is -0.124. The fourth-order valence-corrected chi connectivity index (χ4v) is 4.11. The van der Waals surface area contributed by atoms with E-state index in [1.54, 1.807) is 0 Å². The van der Waals surface area contributed by atoms with Crippen molar-refractivity contribution in [2.75, 3.05) is 39.8 Å². The summed E-state index contributed by atoms with van der Waals surface area (Å²) in [5, 5.41) is 3.12. The molecule has 1 amide bonds. The van der Waals surface area contributed by atoms with Gasteiger partial charge in [-0.05, 0) is 38.3 Å². The van der Waals surface area contributed by atoms with Crippen molar-refractivity contribution >= 4 is 43.1 Å². The summed E-state index contributed by atoms with van der Waals surface area (Å²) in [6.45, 7) is 5.05. The van der Waals surface area contributed by atoms with Crippen LogP contribution in [0, 0.1) is 5.92 Å². The average Bonchev–Trinajstić information content (AvgIpc) is 3.07. The lowest BCUT2D eigenvalue weighted by atomic mass is 10.0. The molecule has 162 valence electrons. The minimum absolute atomic E-state index is 0. The Hall–Kier alpha value is -0.560. The molecule has 3 N–H and O–H groups in total. The number of rotatable bonds is 6. The van der Waals surface area contributed by atoms with Crippen LogP contribution in [0.25, 0.3) is 0 Å². The van der Waals surface area contributed by atoms with Gasteiger partial charge in [0, 0.05) is 50.7 Å². The quantitative estimate of drug-likeness (QED) is 0.650. The van der Waals surface area contributed by atoms with Crippen LogP contribution in [0.4, 0.5) is 0 Å². The summed E-state index contributed by atoms with van der Waals surface area (Å²) < 4.78 is 0. The van der Waals surface area contributed by atoms with E-state index in [9.17, 15) is 4.79 Å². The van der Waals surface area contributed by atoms with Crippen molar-refractivity contribution in [3.8, 4) is 0 Å². The molecule has 0 aromatic heterocycles. The molecular formula is C20H35Cl3N4O. The van der Waals surface area contributed by atoms with Gasteiger partial charge >= 0.3 is 0 Å². The highest BCUT2D eigenvalue weighted by atomic mass is 35.5. The minimum atomic E-state index is 0. The van der Waals surface area contributed by atoms with E-state index in [1.165, 1.54) is 5.56 Å². The molecule has 2 aliphatic rings. The monoisotopic (exact) mass is 452 g/mol. The van der Waals surface area contributed by atoms with Crippen LogP contribution in [0.2, 0.25) is 0 Å². The van der Waals surface area contributed by atoms with Crippen LogP contribution in [0.5, 0.6) is 0 Å². The Bertz CT molecular complexity index is 564. The standard InChI is InChI=1S/C20H32N4O.3ClH/c1-23-12-13-24(19(15-23)16-6-3-2-4-7-16)11-5-10-22-20(25)17-8-9-18(21)14-17;;;/h2-4,6-7,17-19H,5,8-15,21H2,1H3,(H,22,25);3*1H. The molecule has 8 heteroatoms. The van der Waals surface area contributed by atoms with Crippen molar-refractivity contribution in [2.24, 2.45) is 11.7 Å². The number of hydrogen-bond acceptors (Lipinski definition) is 4. The van der Waals surface area contributed by atoms with Gasteiger partial charge in [0.15, 0.2) is 0 Å². The first kappa shape index (κ1) is 27.4. The Balaban J connectivity index is 0.00000243. The van der Waals surface area contributed by atoms with Crippen molar-refractivity contribution in [3.05, 3.63) is 35.9 Å². The number of carbonyl (C=O) groups is 1. The summed E-state index contributed by atoms with van der Waals surface area (Å²) in [6.07, 6.45) is 3.78. The molecule has 0 radical (unpaired) electrons. The molecule has 0 bridgehead atoms. The molecule has 28 heavy (non-hydrogen) atoms. The molecule has 1 saturated carbocycles. The molecular weight excluding hydrogens is 419 g/mol. The molecule has 3 unspecified atom stereocenters. The Morgan fingerprint density at radius 1 is 1.14 bits per heavy atom. The lowest BCUT2D eigenvalue weighted by Crippen LogP contribution is -2.47. The van der Waals surface area contributed by atoms with Gasteiger partial charge in [0.25, 0.3) is 0 Å². The second-order valence-corrected chi connectivity index (χ2v) is 7.64. The van der Waals surface area contributed by atoms with E-state index < -0.39 is 0 Å². The minimum Gasteiger partial charge on any atom is -0.356 e. The number of amides is 1. The van der Waals surface area contributed by atoms with Crippen molar-refractivity contribution in [1.29, 1.82) is 0 Å². The summed E-state index contributed by atoms with van der Waals surface area (Å²) in [4.78, 5) is 17.1. The van der Waals surface area contributed by atoms with Crippen LogP contribution in [0.3, 0.4) is 0 Å². The van der Waals surface area contributed by atoms with Crippen LogP contribution >= 0.6 is 37.2 Å². The van der Waals surface area contributed by atoms with Crippen LogP contribution in [0.1, 0.15) is 37.3 Å². The van der Waals surface area contributed by atoms with Gasteiger partial charge in [-0.25, -0.2) is 0 Å². The summed E-state index contributed by atoms with van der Waals surface area (Å²) in [5.74, 6) is 0.335. The zero-order valence-corrected chi connectivity index (χ0v) is 19.0. The molecule has 2 fully saturated rings. The maximum Gasteiger partial charge on any atom is 0.223 e. The number of nitrogens with two attached hydrogens (primary N) is 1. The number of nitrogens with one attached hydrogen (secondary N) is 1. The zero-order valence-electron chi connectivity index (χ0n) is 16.6. The third kappa shape index (κ3) is 7.69. The Morgan fingerprint density at radius 2 is 1.86 bits per heavy atom. The predicted octanol–water partition coefficient (Wildman–Crippen LogP) is 2.87. The largest absolute Gasteiger partial charge is 0.356 e. The van der Waals surface area contributed by atoms with E-state index in [1.807, 2.05) is 0 Å². The van der Waals surface area contributed by atoms with E-state index in [0.717, 1.165) is 58.4 Å². The zero-order chi connectivity index (χ0) is 17.6. The Kier molecular flexibility index (Phi) is 13.4. The van der Waals surface area contributed by atoms with Crippen LogP contribution in [-0.2, 0) is 4.79 Å². The maximum absolute atomic E-state index is 12.2. The number of nitrogens with zero attached hydrogens (tertiary/aromatic N) is 2. The second kappa shape index (κ2) is 13.6. The van der Waals surface area contributed by atoms with Gasteiger partial charge < -0.3 is 16.0 Å². The first-order valence-corrected chi connectivity index (χ1v) is 9.64. The van der Waals surface area contributed by atoms with E-state index in [4.69, 9.17) is 5.73 Å². The molecule has 3 atom stereocenters. The SMILES string of the molecule is CN1CCN(CCCNC(=O)C2CCC(N)C2)C(c2ccccc2)C1.Cl.Cl.Cl. The fraction of sp³-hybridized carbons (Fsp3) is 0.650. The molecule has 1 aliphatic carbocycles. The summed E-state index contributed by atoms with van der Waals surface area (Å²) in [5.41, 5.74) is 7.29. The second-order valence-electron chi connectivity index (χ2n) is 7.64. The van der Waals surface area contributed by atoms with Gasteiger partial charge in [-0.15, -0.1) is 37.2 Å². The lowest BCUT2D eigenvalue weighted by Gasteiger charge is -2.40. The van der Waals surface area contributed by atoms with E-state index in [2.05, 4.69) is 52.5 Å². The van der Waals surface area contributed by atoms with Crippen LogP contribution in [0.15, 0.2) is 30.3 Å². The molecule has 0 spiro atoms. The molecule has 5 nitrogen and oxygen atoms in total. The van der Waals surface area contributed by atoms with Gasteiger partial charge in [-0.3, -0.25) is 9.69 Å². The maximum atomic E-state index is 12.2. The van der Waals surface area contributed by atoms with Gasteiger partial charge in [-0.2, -0.15) is 0 Å². The van der Waals surface area contributed by atoms with E-state index in [0.29, 0.717) is 6.04 Å². The molecule has 1 saturated heterocycles. The smallest absolute Gasteiger partial charge is 0.223 e. The number of likely N-dealkylation sites (N-methyl/N-ethyl adjacent to an activating group) is 1. The molecule has 1 aliphatic heterocycles. The van der Waals surface area contributed by atoms with E-state index >= 15 is 0 Å². The first-order chi connectivity index (χ1) is 12.1. The predicted molar refractivity (Wildman–Crippen MR) is 123 cm³/mol. The number of benzene rings is 1. The van der Waals surface area contributed by atoms with Crippen molar-refractivity contribution in [2.45, 2.75) is 37.8 Å². The number of halogens is 3. The number of carbonyl (C=O) groups excluding carboxylic acids is 1. The highest BCUT2D eigenvalue weighted by Gasteiger charge is 2.28. The number of piperazine rings is 1. The number of hydrogen-bond donors (Lipinski definition) is 2. The third-order valence-electron chi connectivity index (χ3n) is 5.64. The Labute approximate surface area is 188 Å². The molecule has 1 aromatic carbocycles. The van der Waals surface area contributed by atoms with Gasteiger partial charge in [0.2, 0.25) is 5.91 Å². The average molecular weight is 454 g/mol. The van der Waals surface area contributed by atoms with Crippen molar-refractivity contribution < 1.29 is 4.79 Å². The van der Waals surface area contributed by atoms with Gasteiger partial charge in [-0.1, -0.05) is 30.3 Å². The van der Waals surface area contributed by atoms with Crippen LogP contribution < -0.4 is 11.1 Å². The highest BCUT2D eigenvalue weighted by molar-refractivity contribution is 5.86. The van der Waals surface area contributed by atoms with Crippen molar-refractivity contribution in [3.63, 3.8) is 0 Å². The van der Waals surface area contributed by atoms with Gasteiger partial charge in [0.05, 0.1) is 0 Å². The van der Waals surface area contributed by atoms with Crippen molar-refractivity contribution in [1.82, 2.24) is 15.1 Å². The summed E-state index contributed by atoms with van der Waals surface area (Å²) in [7, 11) is 2.19. The van der Waals surface area contributed by atoms with E-state index in [-0.39, 0.29) is 55.1 Å².